The van der Waals surface area contributed by atoms with Crippen molar-refractivity contribution in [2.75, 3.05) is 26.8 Å². The average Bonchev–Trinajstić information content (AvgIpc) is 2.36. The molecule has 0 radical (unpaired) electrons. The average molecular weight is 330 g/mol. The highest BCUT2D eigenvalue weighted by Crippen LogP contribution is 2.31. The van der Waals surface area contributed by atoms with Crippen LogP contribution in [0.2, 0.25) is 0 Å². The Bertz CT molecular complexity index is 396. The summed E-state index contributed by atoms with van der Waals surface area (Å²) in [4.78, 5) is 2.34. The predicted molar refractivity (Wildman–Crippen MR) is 82.5 cm³/mol. The summed E-state index contributed by atoms with van der Waals surface area (Å²) in [5.41, 5.74) is 0.950. The lowest BCUT2D eigenvalue weighted by Gasteiger charge is -2.31. The number of hydrogen-bond donors (Lipinski definition) is 1. The van der Waals surface area contributed by atoms with Crippen molar-refractivity contribution in [1.29, 1.82) is 0 Å². The Labute approximate surface area is 124 Å². The van der Waals surface area contributed by atoms with E-state index in [9.17, 15) is 5.11 Å². The van der Waals surface area contributed by atoms with Crippen LogP contribution in [-0.2, 0) is 4.74 Å². The number of hydrogen-bond acceptors (Lipinski definition) is 3. The first-order chi connectivity index (χ1) is 8.95. The third kappa shape index (κ3) is 5.13. The third-order valence-electron chi connectivity index (χ3n) is 3.17. The number of phenols is 1. The Balaban J connectivity index is 2.90. The Kier molecular flexibility index (Phi) is 6.83. The molecule has 0 bridgehead atoms. The standard InChI is InChI=1S/C15H24BrNO2/c1-11(2)10-17(7-8-19-4)12(3)14-9-13(16)5-6-15(14)18/h5-6,9,11-12,18H,7-8,10H2,1-4H3. The first kappa shape index (κ1) is 16.5. The van der Waals surface area contributed by atoms with Crippen LogP contribution in [0.4, 0.5) is 0 Å². The SMILES string of the molecule is COCCN(CC(C)C)C(C)c1cc(Br)ccc1O. The fourth-order valence-corrected chi connectivity index (χ4v) is 2.56. The molecule has 108 valence electrons. The number of ether oxygens (including phenoxy) is 1. The van der Waals surface area contributed by atoms with E-state index in [4.69, 9.17) is 4.74 Å². The monoisotopic (exact) mass is 329 g/mol. The lowest BCUT2D eigenvalue weighted by Crippen LogP contribution is -2.33. The van der Waals surface area contributed by atoms with Gasteiger partial charge in [-0.15, -0.1) is 0 Å². The van der Waals surface area contributed by atoms with E-state index >= 15 is 0 Å². The van der Waals surface area contributed by atoms with Crippen LogP contribution in [0.5, 0.6) is 5.75 Å². The molecule has 0 saturated heterocycles. The lowest BCUT2D eigenvalue weighted by molar-refractivity contribution is 0.114. The van der Waals surface area contributed by atoms with Crippen LogP contribution in [0.25, 0.3) is 0 Å². The largest absolute Gasteiger partial charge is 0.508 e. The van der Waals surface area contributed by atoms with Gasteiger partial charge in [0.2, 0.25) is 0 Å². The first-order valence-corrected chi connectivity index (χ1v) is 7.46. The second kappa shape index (κ2) is 7.88. The summed E-state index contributed by atoms with van der Waals surface area (Å²) >= 11 is 3.46. The minimum Gasteiger partial charge on any atom is -0.508 e. The van der Waals surface area contributed by atoms with E-state index in [0.717, 1.165) is 23.1 Å². The number of benzene rings is 1. The van der Waals surface area contributed by atoms with Crippen molar-refractivity contribution in [1.82, 2.24) is 4.90 Å². The Hall–Kier alpha value is -0.580. The molecule has 0 saturated carbocycles. The molecule has 1 aromatic rings. The molecular weight excluding hydrogens is 306 g/mol. The molecule has 4 heteroatoms. The van der Waals surface area contributed by atoms with Gasteiger partial charge in [0.25, 0.3) is 0 Å². The number of nitrogens with zero attached hydrogens (tertiary/aromatic N) is 1. The quantitative estimate of drug-likeness (QED) is 0.825. The van der Waals surface area contributed by atoms with Crippen LogP contribution in [0.1, 0.15) is 32.4 Å². The normalized spacial score (nSPS) is 13.2. The molecule has 1 unspecified atom stereocenters. The van der Waals surface area contributed by atoms with Gasteiger partial charge in [0, 0.05) is 36.3 Å². The Morgan fingerprint density at radius 1 is 1.32 bits per heavy atom. The molecule has 0 amide bonds. The predicted octanol–water partition coefficient (Wildman–Crippen LogP) is 3.82. The van der Waals surface area contributed by atoms with Crippen molar-refractivity contribution >= 4 is 15.9 Å². The summed E-state index contributed by atoms with van der Waals surface area (Å²) in [6.45, 7) is 9.07. The maximum absolute atomic E-state index is 10.0. The lowest BCUT2D eigenvalue weighted by atomic mass is 10.0. The molecule has 0 aliphatic heterocycles. The van der Waals surface area contributed by atoms with Crippen LogP contribution >= 0.6 is 15.9 Å². The van der Waals surface area contributed by atoms with E-state index in [1.54, 1.807) is 13.2 Å². The molecular formula is C15H24BrNO2. The van der Waals surface area contributed by atoms with E-state index in [0.29, 0.717) is 18.3 Å². The number of methoxy groups -OCH3 is 1. The van der Waals surface area contributed by atoms with Crippen LogP contribution in [0.3, 0.4) is 0 Å². The van der Waals surface area contributed by atoms with Gasteiger partial charge in [-0.25, -0.2) is 0 Å². The molecule has 1 atom stereocenters. The van der Waals surface area contributed by atoms with Gasteiger partial charge in [0.15, 0.2) is 0 Å². The van der Waals surface area contributed by atoms with Crippen molar-refractivity contribution in [2.24, 2.45) is 5.92 Å². The first-order valence-electron chi connectivity index (χ1n) is 6.67. The van der Waals surface area contributed by atoms with Gasteiger partial charge in [-0.05, 0) is 31.0 Å². The molecule has 0 aromatic heterocycles. The van der Waals surface area contributed by atoms with Crippen molar-refractivity contribution in [2.45, 2.75) is 26.8 Å². The fraction of sp³-hybridized carbons (Fsp3) is 0.600. The van der Waals surface area contributed by atoms with Crippen LogP contribution < -0.4 is 0 Å². The highest BCUT2D eigenvalue weighted by atomic mass is 79.9. The maximum Gasteiger partial charge on any atom is 0.120 e. The van der Waals surface area contributed by atoms with Gasteiger partial charge < -0.3 is 9.84 Å². The maximum atomic E-state index is 10.0. The summed E-state index contributed by atoms with van der Waals surface area (Å²) in [5, 5.41) is 10.0. The zero-order chi connectivity index (χ0) is 14.4. The van der Waals surface area contributed by atoms with E-state index in [1.165, 1.54) is 0 Å². The van der Waals surface area contributed by atoms with Gasteiger partial charge in [0.1, 0.15) is 5.75 Å². The van der Waals surface area contributed by atoms with E-state index < -0.39 is 0 Å². The van der Waals surface area contributed by atoms with Gasteiger partial charge >= 0.3 is 0 Å². The summed E-state index contributed by atoms with van der Waals surface area (Å²) < 4.78 is 6.17. The number of halogens is 1. The van der Waals surface area contributed by atoms with Crippen molar-refractivity contribution in [3.05, 3.63) is 28.2 Å². The third-order valence-corrected chi connectivity index (χ3v) is 3.66. The van der Waals surface area contributed by atoms with Gasteiger partial charge in [-0.3, -0.25) is 4.90 Å². The zero-order valence-electron chi connectivity index (χ0n) is 12.2. The minimum atomic E-state index is 0.162. The fourth-order valence-electron chi connectivity index (χ4n) is 2.18. The number of rotatable bonds is 7. The van der Waals surface area contributed by atoms with Gasteiger partial charge in [-0.2, -0.15) is 0 Å². The molecule has 0 heterocycles. The summed E-state index contributed by atoms with van der Waals surface area (Å²) in [7, 11) is 1.72. The van der Waals surface area contributed by atoms with Crippen molar-refractivity contribution in [3.8, 4) is 5.75 Å². The van der Waals surface area contributed by atoms with Crippen LogP contribution in [-0.4, -0.2) is 36.8 Å². The molecule has 0 aliphatic carbocycles. The number of aromatic hydroxyl groups is 1. The van der Waals surface area contributed by atoms with Gasteiger partial charge in [0.05, 0.1) is 6.61 Å². The second-order valence-corrected chi connectivity index (χ2v) is 6.18. The van der Waals surface area contributed by atoms with Crippen molar-refractivity contribution in [3.63, 3.8) is 0 Å². The van der Waals surface area contributed by atoms with E-state index in [2.05, 4.69) is 41.6 Å². The van der Waals surface area contributed by atoms with E-state index in [1.807, 2.05) is 12.1 Å². The van der Waals surface area contributed by atoms with E-state index in [-0.39, 0.29) is 6.04 Å². The molecule has 1 N–H and O–H groups in total. The molecule has 3 nitrogen and oxygen atoms in total. The van der Waals surface area contributed by atoms with Crippen LogP contribution in [0.15, 0.2) is 22.7 Å². The van der Waals surface area contributed by atoms with Crippen molar-refractivity contribution < 1.29 is 9.84 Å². The highest BCUT2D eigenvalue weighted by molar-refractivity contribution is 9.10. The zero-order valence-corrected chi connectivity index (χ0v) is 13.8. The van der Waals surface area contributed by atoms with Crippen LogP contribution in [0, 0.1) is 5.92 Å². The summed E-state index contributed by atoms with van der Waals surface area (Å²) in [6, 6.07) is 5.74. The molecule has 19 heavy (non-hydrogen) atoms. The Morgan fingerprint density at radius 2 is 2.00 bits per heavy atom. The Morgan fingerprint density at radius 3 is 2.58 bits per heavy atom. The molecule has 0 spiro atoms. The smallest absolute Gasteiger partial charge is 0.120 e. The van der Waals surface area contributed by atoms with Gasteiger partial charge in [-0.1, -0.05) is 29.8 Å². The molecule has 0 aliphatic rings. The number of phenolic OH excluding ortho intramolecular Hbond substituents is 1. The molecule has 0 fully saturated rings. The topological polar surface area (TPSA) is 32.7 Å². The summed E-state index contributed by atoms with van der Waals surface area (Å²) in [5.74, 6) is 0.926. The second-order valence-electron chi connectivity index (χ2n) is 5.26. The molecule has 1 aromatic carbocycles. The molecule has 1 rings (SSSR count). The minimum absolute atomic E-state index is 0.162. The summed E-state index contributed by atoms with van der Waals surface area (Å²) in [6.07, 6.45) is 0. The highest BCUT2D eigenvalue weighted by Gasteiger charge is 2.19.